The predicted molar refractivity (Wildman–Crippen MR) is 120 cm³/mol. The maximum Gasteiger partial charge on any atom is 0.379 e. The van der Waals surface area contributed by atoms with Gasteiger partial charge in [0.2, 0.25) is 0 Å². The minimum Gasteiger partial charge on any atom is -0.458 e. The summed E-state index contributed by atoms with van der Waals surface area (Å²) in [5, 5.41) is 0. The van der Waals surface area contributed by atoms with Gasteiger partial charge in [0.15, 0.2) is 0 Å². The van der Waals surface area contributed by atoms with Crippen molar-refractivity contribution in [2.24, 2.45) is 17.3 Å². The standard InChI is InChI=1S/C26H32O5/c1-17(2)22(30-24(28)20-15-11-8-12-16-20)18(3)23(26(4,5)6)31-25(29)21(27)19-13-9-7-10-14-19/h7-18,22-23H,1-6H3. The van der Waals surface area contributed by atoms with E-state index in [1.807, 2.05) is 47.6 Å². The predicted octanol–water partition coefficient (Wildman–Crippen LogP) is 5.34. The van der Waals surface area contributed by atoms with Crippen molar-refractivity contribution in [3.8, 4) is 0 Å². The highest BCUT2D eigenvalue weighted by Gasteiger charge is 2.41. The summed E-state index contributed by atoms with van der Waals surface area (Å²) in [4.78, 5) is 37.9. The van der Waals surface area contributed by atoms with Crippen LogP contribution in [0, 0.1) is 17.3 Å². The Hall–Kier alpha value is -2.95. The van der Waals surface area contributed by atoms with Crippen molar-refractivity contribution >= 4 is 17.7 Å². The van der Waals surface area contributed by atoms with Crippen LogP contribution in [0.5, 0.6) is 0 Å². The van der Waals surface area contributed by atoms with E-state index < -0.39 is 35.3 Å². The normalized spacial score (nSPS) is 14.4. The number of ether oxygens (including phenoxy) is 2. The third-order valence-corrected chi connectivity index (χ3v) is 5.21. The second kappa shape index (κ2) is 10.4. The van der Waals surface area contributed by atoms with E-state index in [0.29, 0.717) is 5.56 Å². The van der Waals surface area contributed by atoms with Crippen LogP contribution in [-0.4, -0.2) is 29.9 Å². The quantitative estimate of drug-likeness (QED) is 0.325. The highest BCUT2D eigenvalue weighted by Crippen LogP contribution is 2.34. The molecule has 3 unspecified atom stereocenters. The molecule has 0 saturated heterocycles. The summed E-state index contributed by atoms with van der Waals surface area (Å²) < 4.78 is 11.6. The number of carbonyl (C=O) groups excluding carboxylic acids is 3. The summed E-state index contributed by atoms with van der Waals surface area (Å²) in [7, 11) is 0. The first kappa shape index (κ1) is 24.3. The van der Waals surface area contributed by atoms with Gasteiger partial charge in [-0.25, -0.2) is 9.59 Å². The number of esters is 2. The molecule has 0 heterocycles. The first-order valence-corrected chi connectivity index (χ1v) is 10.6. The highest BCUT2D eigenvalue weighted by molar-refractivity contribution is 6.40. The number of Topliss-reactive ketones (excluding diaryl/α,β-unsaturated/α-hetero) is 1. The smallest absolute Gasteiger partial charge is 0.379 e. The van der Waals surface area contributed by atoms with Crippen molar-refractivity contribution in [3.63, 3.8) is 0 Å². The molecule has 0 aliphatic rings. The van der Waals surface area contributed by atoms with E-state index in [9.17, 15) is 14.4 Å². The van der Waals surface area contributed by atoms with Crippen LogP contribution in [0.2, 0.25) is 0 Å². The zero-order valence-corrected chi connectivity index (χ0v) is 19.1. The van der Waals surface area contributed by atoms with E-state index in [1.165, 1.54) is 0 Å². The van der Waals surface area contributed by atoms with Crippen LogP contribution in [0.4, 0.5) is 0 Å². The van der Waals surface area contributed by atoms with Crippen molar-refractivity contribution in [2.45, 2.75) is 53.8 Å². The SMILES string of the molecule is CC(C)C(OC(=O)c1ccccc1)C(C)C(OC(=O)C(=O)c1ccccc1)C(C)(C)C. The fourth-order valence-corrected chi connectivity index (χ4v) is 3.74. The van der Waals surface area contributed by atoms with Gasteiger partial charge in [0.25, 0.3) is 5.78 Å². The molecule has 0 aliphatic carbocycles. The van der Waals surface area contributed by atoms with Gasteiger partial charge < -0.3 is 9.47 Å². The number of carbonyl (C=O) groups is 3. The van der Waals surface area contributed by atoms with Gasteiger partial charge in [0.1, 0.15) is 12.2 Å². The Morgan fingerprint density at radius 2 is 1.23 bits per heavy atom. The third kappa shape index (κ3) is 6.51. The molecule has 2 aromatic rings. The lowest BCUT2D eigenvalue weighted by Gasteiger charge is -2.39. The largest absolute Gasteiger partial charge is 0.458 e. The van der Waals surface area contributed by atoms with Gasteiger partial charge in [-0.2, -0.15) is 0 Å². The third-order valence-electron chi connectivity index (χ3n) is 5.21. The van der Waals surface area contributed by atoms with Crippen LogP contribution >= 0.6 is 0 Å². The highest BCUT2D eigenvalue weighted by atomic mass is 16.6. The van der Waals surface area contributed by atoms with E-state index >= 15 is 0 Å². The van der Waals surface area contributed by atoms with Gasteiger partial charge in [-0.15, -0.1) is 0 Å². The Morgan fingerprint density at radius 3 is 1.68 bits per heavy atom. The van der Waals surface area contributed by atoms with E-state index in [2.05, 4.69) is 0 Å². The second-order valence-electron chi connectivity index (χ2n) is 9.23. The first-order chi connectivity index (χ1) is 14.5. The van der Waals surface area contributed by atoms with Gasteiger partial charge in [-0.1, -0.05) is 90.1 Å². The minimum absolute atomic E-state index is 0.0176. The number of benzene rings is 2. The molecule has 5 nitrogen and oxygen atoms in total. The molecule has 166 valence electrons. The van der Waals surface area contributed by atoms with Gasteiger partial charge >= 0.3 is 11.9 Å². The minimum atomic E-state index is -0.908. The Morgan fingerprint density at radius 1 is 0.742 bits per heavy atom. The summed E-state index contributed by atoms with van der Waals surface area (Å²) in [5.74, 6) is -2.37. The lowest BCUT2D eigenvalue weighted by Crippen LogP contribution is -2.46. The zero-order chi connectivity index (χ0) is 23.2. The summed E-state index contributed by atoms with van der Waals surface area (Å²) in [6.07, 6.45) is -1.14. The molecular formula is C26H32O5. The van der Waals surface area contributed by atoms with Crippen LogP contribution in [0.15, 0.2) is 60.7 Å². The molecule has 0 spiro atoms. The molecule has 5 heteroatoms. The molecule has 0 fully saturated rings. The summed E-state index contributed by atoms with van der Waals surface area (Å²) in [6, 6.07) is 17.1. The van der Waals surface area contributed by atoms with Crippen molar-refractivity contribution in [2.75, 3.05) is 0 Å². The summed E-state index contributed by atoms with van der Waals surface area (Å²) in [5.41, 5.74) is 0.269. The van der Waals surface area contributed by atoms with Gasteiger partial charge in [-0.05, 0) is 23.5 Å². The van der Waals surface area contributed by atoms with E-state index in [1.54, 1.807) is 54.6 Å². The summed E-state index contributed by atoms with van der Waals surface area (Å²) in [6.45, 7) is 11.6. The molecule has 0 radical (unpaired) electrons. The molecule has 31 heavy (non-hydrogen) atoms. The fraction of sp³-hybridized carbons (Fsp3) is 0.423. The topological polar surface area (TPSA) is 69.7 Å². The molecule has 2 rings (SSSR count). The molecule has 0 aliphatic heterocycles. The Labute approximate surface area is 184 Å². The van der Waals surface area contributed by atoms with E-state index in [4.69, 9.17) is 9.47 Å². The molecule has 0 amide bonds. The maximum absolute atomic E-state index is 12.7. The van der Waals surface area contributed by atoms with Crippen molar-refractivity contribution in [3.05, 3.63) is 71.8 Å². The average Bonchev–Trinajstić information content (AvgIpc) is 2.74. The van der Waals surface area contributed by atoms with Gasteiger partial charge in [0.05, 0.1) is 5.56 Å². The van der Waals surface area contributed by atoms with Crippen molar-refractivity contribution < 1.29 is 23.9 Å². The van der Waals surface area contributed by atoms with Crippen LogP contribution in [0.3, 0.4) is 0 Å². The maximum atomic E-state index is 12.7. The van der Waals surface area contributed by atoms with Crippen LogP contribution < -0.4 is 0 Å². The van der Waals surface area contributed by atoms with E-state index in [-0.39, 0.29) is 17.4 Å². The van der Waals surface area contributed by atoms with E-state index in [0.717, 1.165) is 0 Å². The molecule has 3 atom stereocenters. The number of hydrogen-bond donors (Lipinski definition) is 0. The van der Waals surface area contributed by atoms with Crippen LogP contribution in [0.1, 0.15) is 62.3 Å². The molecule has 0 bridgehead atoms. The summed E-state index contributed by atoms with van der Waals surface area (Å²) >= 11 is 0. The van der Waals surface area contributed by atoms with Crippen LogP contribution in [0.25, 0.3) is 0 Å². The van der Waals surface area contributed by atoms with Gasteiger partial charge in [0, 0.05) is 11.5 Å². The Bertz CT molecular complexity index is 881. The van der Waals surface area contributed by atoms with Crippen molar-refractivity contribution in [1.29, 1.82) is 0 Å². The molecule has 0 N–H and O–H groups in total. The average molecular weight is 425 g/mol. The van der Waals surface area contributed by atoms with Crippen LogP contribution in [-0.2, 0) is 14.3 Å². The monoisotopic (exact) mass is 424 g/mol. The van der Waals surface area contributed by atoms with Crippen molar-refractivity contribution in [1.82, 2.24) is 0 Å². The fourth-order valence-electron chi connectivity index (χ4n) is 3.74. The first-order valence-electron chi connectivity index (χ1n) is 10.6. The molecule has 0 saturated carbocycles. The Balaban J connectivity index is 2.23. The lowest BCUT2D eigenvalue weighted by atomic mass is 9.77. The van der Waals surface area contributed by atoms with Gasteiger partial charge in [-0.3, -0.25) is 4.79 Å². The zero-order valence-electron chi connectivity index (χ0n) is 19.1. The molecule has 2 aromatic carbocycles. The number of ketones is 1. The number of rotatable bonds is 8. The molecular weight excluding hydrogens is 392 g/mol. The number of hydrogen-bond acceptors (Lipinski definition) is 5. The molecule has 0 aromatic heterocycles. The Kier molecular flexibility index (Phi) is 8.14. The second-order valence-corrected chi connectivity index (χ2v) is 9.23. The lowest BCUT2D eigenvalue weighted by molar-refractivity contribution is -0.157.